The Morgan fingerprint density at radius 1 is 1.00 bits per heavy atom. The number of rotatable bonds is 7. The molecule has 2 aromatic carbocycles. The number of nitrogens with zero attached hydrogens (tertiary/aromatic N) is 2. The molecule has 2 amide bonds. The van der Waals surface area contributed by atoms with Crippen LogP contribution in [0.1, 0.15) is 41.1 Å². The Bertz CT molecular complexity index is 990. The molecule has 0 spiro atoms. The summed E-state index contributed by atoms with van der Waals surface area (Å²) in [4.78, 5) is 30.7. The van der Waals surface area contributed by atoms with E-state index < -0.39 is 0 Å². The molecule has 1 aliphatic rings. The van der Waals surface area contributed by atoms with E-state index in [2.05, 4.69) is 10.3 Å². The van der Waals surface area contributed by atoms with Crippen molar-refractivity contribution >= 4 is 11.8 Å². The molecule has 2 heterocycles. The molecule has 3 aromatic rings. The number of aromatic nitrogens is 1. The predicted octanol–water partition coefficient (Wildman–Crippen LogP) is 3.83. The fourth-order valence-electron chi connectivity index (χ4n) is 3.54. The molecule has 0 aliphatic carbocycles. The fraction of sp³-hybridized carbons (Fsp3) is 0.292. The molecule has 6 nitrogen and oxygen atoms in total. The van der Waals surface area contributed by atoms with Gasteiger partial charge in [-0.3, -0.25) is 9.59 Å². The standard InChI is InChI=1S/C24H25N3O3/c28-22(12-13-23-26-17-21(30-23)19-6-2-1-3-7-19)25-16-18-8-10-20(11-9-18)24(29)27-14-4-5-15-27/h1-3,6-11,17H,4-5,12-16H2,(H,25,28). The first-order valence-electron chi connectivity index (χ1n) is 10.3. The summed E-state index contributed by atoms with van der Waals surface area (Å²) in [5.41, 5.74) is 2.63. The van der Waals surface area contributed by atoms with E-state index in [-0.39, 0.29) is 11.8 Å². The molecule has 4 rings (SSSR count). The maximum Gasteiger partial charge on any atom is 0.253 e. The number of aryl methyl sites for hydroxylation is 1. The average molecular weight is 403 g/mol. The largest absolute Gasteiger partial charge is 0.441 e. The van der Waals surface area contributed by atoms with Gasteiger partial charge < -0.3 is 14.6 Å². The number of amides is 2. The highest BCUT2D eigenvalue weighted by atomic mass is 16.4. The molecular formula is C24H25N3O3. The fourth-order valence-corrected chi connectivity index (χ4v) is 3.54. The van der Waals surface area contributed by atoms with Gasteiger partial charge in [0.2, 0.25) is 5.91 Å². The van der Waals surface area contributed by atoms with Crippen LogP contribution in [0, 0.1) is 0 Å². The van der Waals surface area contributed by atoms with E-state index in [0.717, 1.165) is 37.1 Å². The zero-order valence-electron chi connectivity index (χ0n) is 16.8. The van der Waals surface area contributed by atoms with Crippen molar-refractivity contribution in [2.45, 2.75) is 32.2 Å². The van der Waals surface area contributed by atoms with Crippen LogP contribution in [0.2, 0.25) is 0 Å². The topological polar surface area (TPSA) is 75.4 Å². The number of benzene rings is 2. The Labute approximate surface area is 175 Å². The molecule has 0 bridgehead atoms. The lowest BCUT2D eigenvalue weighted by Gasteiger charge is -2.15. The summed E-state index contributed by atoms with van der Waals surface area (Å²) in [6, 6.07) is 17.2. The van der Waals surface area contributed by atoms with Crippen LogP contribution < -0.4 is 5.32 Å². The molecule has 30 heavy (non-hydrogen) atoms. The number of oxazole rings is 1. The van der Waals surface area contributed by atoms with Gasteiger partial charge in [0.15, 0.2) is 11.7 Å². The van der Waals surface area contributed by atoms with Crippen LogP contribution in [0.3, 0.4) is 0 Å². The third kappa shape index (κ3) is 4.95. The number of nitrogens with one attached hydrogen (secondary N) is 1. The number of carbonyl (C=O) groups is 2. The predicted molar refractivity (Wildman–Crippen MR) is 114 cm³/mol. The van der Waals surface area contributed by atoms with Crippen molar-refractivity contribution < 1.29 is 14.0 Å². The first kappa shape index (κ1) is 19.9. The minimum atomic E-state index is -0.0633. The Morgan fingerprint density at radius 2 is 1.73 bits per heavy atom. The Morgan fingerprint density at radius 3 is 2.47 bits per heavy atom. The smallest absolute Gasteiger partial charge is 0.253 e. The summed E-state index contributed by atoms with van der Waals surface area (Å²) in [6.45, 7) is 2.11. The highest BCUT2D eigenvalue weighted by molar-refractivity contribution is 5.94. The third-order valence-electron chi connectivity index (χ3n) is 5.26. The van der Waals surface area contributed by atoms with E-state index in [0.29, 0.717) is 36.6 Å². The molecule has 1 N–H and O–H groups in total. The lowest BCUT2D eigenvalue weighted by atomic mass is 10.1. The molecule has 1 aliphatic heterocycles. The molecular weight excluding hydrogens is 378 g/mol. The maximum atomic E-state index is 12.4. The molecule has 154 valence electrons. The zero-order chi connectivity index (χ0) is 20.8. The minimum Gasteiger partial charge on any atom is -0.441 e. The van der Waals surface area contributed by atoms with Crippen molar-refractivity contribution in [2.75, 3.05) is 13.1 Å². The van der Waals surface area contributed by atoms with Crippen LogP contribution in [-0.2, 0) is 17.8 Å². The lowest BCUT2D eigenvalue weighted by molar-refractivity contribution is -0.121. The van der Waals surface area contributed by atoms with Gasteiger partial charge in [-0.15, -0.1) is 0 Å². The third-order valence-corrected chi connectivity index (χ3v) is 5.26. The van der Waals surface area contributed by atoms with Gasteiger partial charge in [-0.25, -0.2) is 4.98 Å². The second-order valence-electron chi connectivity index (χ2n) is 7.46. The van der Waals surface area contributed by atoms with E-state index in [1.54, 1.807) is 6.20 Å². The Hall–Kier alpha value is -3.41. The van der Waals surface area contributed by atoms with Gasteiger partial charge in [0.25, 0.3) is 5.91 Å². The molecule has 1 aromatic heterocycles. The summed E-state index contributed by atoms with van der Waals surface area (Å²) in [5.74, 6) is 1.28. The highest BCUT2D eigenvalue weighted by Crippen LogP contribution is 2.20. The van der Waals surface area contributed by atoms with Crippen molar-refractivity contribution in [3.8, 4) is 11.3 Å². The van der Waals surface area contributed by atoms with Crippen LogP contribution in [0.15, 0.2) is 65.2 Å². The van der Waals surface area contributed by atoms with Crippen molar-refractivity contribution in [3.05, 3.63) is 77.8 Å². The quantitative estimate of drug-likeness (QED) is 0.651. The van der Waals surface area contributed by atoms with E-state index in [1.165, 1.54) is 0 Å². The summed E-state index contributed by atoms with van der Waals surface area (Å²) >= 11 is 0. The molecule has 0 atom stereocenters. The van der Waals surface area contributed by atoms with Crippen LogP contribution in [0.4, 0.5) is 0 Å². The summed E-state index contributed by atoms with van der Waals surface area (Å²) in [7, 11) is 0. The Balaban J connectivity index is 1.23. The van der Waals surface area contributed by atoms with Crippen molar-refractivity contribution in [1.29, 1.82) is 0 Å². The number of hydrogen-bond donors (Lipinski definition) is 1. The van der Waals surface area contributed by atoms with E-state index in [4.69, 9.17) is 4.42 Å². The van der Waals surface area contributed by atoms with Crippen LogP contribution in [0.5, 0.6) is 0 Å². The van der Waals surface area contributed by atoms with E-state index in [9.17, 15) is 9.59 Å². The normalized spacial score (nSPS) is 13.4. The number of carbonyl (C=O) groups excluding carboxylic acids is 2. The van der Waals surface area contributed by atoms with E-state index >= 15 is 0 Å². The minimum absolute atomic E-state index is 0.0633. The SMILES string of the molecule is O=C(CCc1ncc(-c2ccccc2)o1)NCc1ccc(C(=O)N2CCCC2)cc1. The maximum absolute atomic E-state index is 12.4. The average Bonchev–Trinajstić information content (AvgIpc) is 3.49. The van der Waals surface area contributed by atoms with Gasteiger partial charge in [0, 0.05) is 43.6 Å². The van der Waals surface area contributed by atoms with Gasteiger partial charge >= 0.3 is 0 Å². The van der Waals surface area contributed by atoms with Crippen molar-refractivity contribution in [2.24, 2.45) is 0 Å². The van der Waals surface area contributed by atoms with Crippen LogP contribution in [-0.4, -0.2) is 34.8 Å². The summed E-state index contributed by atoms with van der Waals surface area (Å²) < 4.78 is 5.73. The van der Waals surface area contributed by atoms with Gasteiger partial charge in [-0.2, -0.15) is 0 Å². The number of hydrogen-bond acceptors (Lipinski definition) is 4. The van der Waals surface area contributed by atoms with Crippen molar-refractivity contribution in [1.82, 2.24) is 15.2 Å². The molecule has 1 fully saturated rings. The Kier molecular flexibility index (Phi) is 6.23. The molecule has 0 saturated carbocycles. The van der Waals surface area contributed by atoms with Crippen LogP contribution >= 0.6 is 0 Å². The van der Waals surface area contributed by atoms with Gasteiger partial charge in [-0.1, -0.05) is 42.5 Å². The molecule has 0 unspecified atom stereocenters. The molecule has 0 radical (unpaired) electrons. The summed E-state index contributed by atoms with van der Waals surface area (Å²) in [5, 5.41) is 2.91. The molecule has 1 saturated heterocycles. The van der Waals surface area contributed by atoms with Gasteiger partial charge in [0.1, 0.15) is 0 Å². The first-order valence-corrected chi connectivity index (χ1v) is 10.3. The first-order chi connectivity index (χ1) is 14.7. The summed E-state index contributed by atoms with van der Waals surface area (Å²) in [6.07, 6.45) is 4.60. The monoisotopic (exact) mass is 403 g/mol. The molecule has 6 heteroatoms. The van der Waals surface area contributed by atoms with Gasteiger partial charge in [-0.05, 0) is 30.5 Å². The van der Waals surface area contributed by atoms with Crippen LogP contribution in [0.25, 0.3) is 11.3 Å². The van der Waals surface area contributed by atoms with Gasteiger partial charge in [0.05, 0.1) is 6.20 Å². The second-order valence-corrected chi connectivity index (χ2v) is 7.46. The second kappa shape index (κ2) is 9.39. The lowest BCUT2D eigenvalue weighted by Crippen LogP contribution is -2.27. The zero-order valence-corrected chi connectivity index (χ0v) is 16.8. The number of likely N-dealkylation sites (tertiary alicyclic amines) is 1. The van der Waals surface area contributed by atoms with Crippen molar-refractivity contribution in [3.63, 3.8) is 0 Å². The highest BCUT2D eigenvalue weighted by Gasteiger charge is 2.19. The van der Waals surface area contributed by atoms with E-state index in [1.807, 2.05) is 59.5 Å².